The van der Waals surface area contributed by atoms with Crippen LogP contribution in [0.4, 0.5) is 4.39 Å². The van der Waals surface area contributed by atoms with Gasteiger partial charge in [0.25, 0.3) is 0 Å². The van der Waals surface area contributed by atoms with Crippen LogP contribution in [0.1, 0.15) is 17.5 Å². The smallest absolute Gasteiger partial charge is 0.244 e. The molecule has 0 bridgehead atoms. The third kappa shape index (κ3) is 5.58. The van der Waals surface area contributed by atoms with Crippen molar-refractivity contribution in [2.24, 2.45) is 0 Å². The molecule has 1 aliphatic rings. The number of morpholine rings is 1. The largest absolute Gasteiger partial charge is 0.379 e. The molecule has 0 unspecified atom stereocenters. The first-order valence-electron chi connectivity index (χ1n) is 7.67. The number of benzene rings is 1. The molecule has 1 saturated heterocycles. The molecule has 1 aromatic rings. The molecule has 1 aliphatic heterocycles. The van der Waals surface area contributed by atoms with Crippen molar-refractivity contribution in [3.63, 3.8) is 0 Å². The molecule has 1 amide bonds. The van der Waals surface area contributed by atoms with Crippen molar-refractivity contribution >= 4 is 12.0 Å². The Morgan fingerprint density at radius 2 is 2.18 bits per heavy atom. The van der Waals surface area contributed by atoms with Crippen molar-refractivity contribution in [2.45, 2.75) is 13.3 Å². The fourth-order valence-electron chi connectivity index (χ4n) is 2.33. The maximum atomic E-state index is 13.6. The summed E-state index contributed by atoms with van der Waals surface area (Å²) in [6, 6.07) is 4.95. The van der Waals surface area contributed by atoms with E-state index in [1.807, 2.05) is 13.0 Å². The molecule has 120 valence electrons. The Labute approximate surface area is 131 Å². The van der Waals surface area contributed by atoms with E-state index in [0.717, 1.165) is 44.8 Å². The van der Waals surface area contributed by atoms with Crippen LogP contribution in [0.25, 0.3) is 6.08 Å². The summed E-state index contributed by atoms with van der Waals surface area (Å²) in [6.45, 7) is 6.91. The van der Waals surface area contributed by atoms with Crippen molar-refractivity contribution in [3.05, 3.63) is 41.2 Å². The molecule has 0 saturated carbocycles. The van der Waals surface area contributed by atoms with E-state index in [2.05, 4.69) is 10.2 Å². The van der Waals surface area contributed by atoms with Gasteiger partial charge >= 0.3 is 0 Å². The number of halogens is 1. The molecule has 1 N–H and O–H groups in total. The van der Waals surface area contributed by atoms with Crippen LogP contribution in [-0.2, 0) is 9.53 Å². The summed E-state index contributed by atoms with van der Waals surface area (Å²) < 4.78 is 18.9. The molecule has 2 rings (SSSR count). The van der Waals surface area contributed by atoms with Gasteiger partial charge in [0.15, 0.2) is 0 Å². The van der Waals surface area contributed by atoms with Gasteiger partial charge in [0.1, 0.15) is 5.82 Å². The normalized spacial score (nSPS) is 16.1. The summed E-state index contributed by atoms with van der Waals surface area (Å²) in [5.41, 5.74) is 1.29. The highest BCUT2D eigenvalue weighted by Crippen LogP contribution is 2.11. The first-order chi connectivity index (χ1) is 10.6. The number of rotatable bonds is 6. The lowest BCUT2D eigenvalue weighted by Crippen LogP contribution is -2.38. The number of aryl methyl sites for hydroxylation is 1. The highest BCUT2D eigenvalue weighted by Gasteiger charge is 2.09. The SMILES string of the molecule is Cc1ccc(/C=C/C(=O)NCCCN2CCOCC2)c(F)c1. The van der Waals surface area contributed by atoms with Crippen LogP contribution in [0.2, 0.25) is 0 Å². The number of hydrogen-bond acceptors (Lipinski definition) is 3. The summed E-state index contributed by atoms with van der Waals surface area (Å²) in [7, 11) is 0. The fraction of sp³-hybridized carbons (Fsp3) is 0.471. The van der Waals surface area contributed by atoms with Crippen LogP contribution in [0.15, 0.2) is 24.3 Å². The molecular formula is C17H23FN2O2. The molecule has 5 heteroatoms. The second kappa shape index (κ2) is 8.66. The van der Waals surface area contributed by atoms with Gasteiger partial charge in [-0.1, -0.05) is 12.1 Å². The van der Waals surface area contributed by atoms with Crippen molar-refractivity contribution < 1.29 is 13.9 Å². The Balaban J connectivity index is 1.67. The lowest BCUT2D eigenvalue weighted by molar-refractivity contribution is -0.116. The minimum Gasteiger partial charge on any atom is -0.379 e. The second-order valence-corrected chi connectivity index (χ2v) is 5.46. The van der Waals surface area contributed by atoms with Crippen molar-refractivity contribution in [1.82, 2.24) is 10.2 Å². The molecule has 0 aromatic heterocycles. The summed E-state index contributed by atoms with van der Waals surface area (Å²) in [4.78, 5) is 14.0. The summed E-state index contributed by atoms with van der Waals surface area (Å²) in [6.07, 6.45) is 3.78. The summed E-state index contributed by atoms with van der Waals surface area (Å²) >= 11 is 0. The second-order valence-electron chi connectivity index (χ2n) is 5.46. The first-order valence-corrected chi connectivity index (χ1v) is 7.67. The van der Waals surface area contributed by atoms with Gasteiger partial charge in [0, 0.05) is 31.3 Å². The van der Waals surface area contributed by atoms with Gasteiger partial charge in [-0.15, -0.1) is 0 Å². The predicted molar refractivity (Wildman–Crippen MR) is 85.1 cm³/mol. The third-order valence-electron chi connectivity index (χ3n) is 3.62. The average molecular weight is 306 g/mol. The Bertz CT molecular complexity index is 525. The van der Waals surface area contributed by atoms with E-state index in [1.165, 1.54) is 18.2 Å². The number of carbonyl (C=O) groups excluding carboxylic acids is 1. The molecular weight excluding hydrogens is 283 g/mol. The maximum Gasteiger partial charge on any atom is 0.244 e. The number of ether oxygens (including phenoxy) is 1. The fourth-order valence-corrected chi connectivity index (χ4v) is 2.33. The highest BCUT2D eigenvalue weighted by molar-refractivity contribution is 5.91. The Morgan fingerprint density at radius 1 is 1.41 bits per heavy atom. The third-order valence-corrected chi connectivity index (χ3v) is 3.62. The zero-order valence-electron chi connectivity index (χ0n) is 13.0. The zero-order chi connectivity index (χ0) is 15.8. The van der Waals surface area contributed by atoms with Gasteiger partial charge in [-0.3, -0.25) is 9.69 Å². The van der Waals surface area contributed by atoms with Crippen molar-refractivity contribution in [1.29, 1.82) is 0 Å². The minimum atomic E-state index is -0.309. The van der Waals surface area contributed by atoms with Crippen LogP contribution in [-0.4, -0.2) is 50.2 Å². The lowest BCUT2D eigenvalue weighted by atomic mass is 10.1. The monoisotopic (exact) mass is 306 g/mol. The maximum absolute atomic E-state index is 13.6. The van der Waals surface area contributed by atoms with E-state index < -0.39 is 0 Å². The molecule has 0 radical (unpaired) electrons. The summed E-state index contributed by atoms with van der Waals surface area (Å²) in [5.74, 6) is -0.502. The highest BCUT2D eigenvalue weighted by atomic mass is 19.1. The van der Waals surface area contributed by atoms with Crippen molar-refractivity contribution in [2.75, 3.05) is 39.4 Å². The first kappa shape index (κ1) is 16.6. The summed E-state index contributed by atoms with van der Waals surface area (Å²) in [5, 5.41) is 2.82. The molecule has 1 fully saturated rings. The zero-order valence-corrected chi connectivity index (χ0v) is 13.0. The quantitative estimate of drug-likeness (QED) is 0.645. The average Bonchev–Trinajstić information content (AvgIpc) is 2.52. The number of amides is 1. The molecule has 4 nitrogen and oxygen atoms in total. The molecule has 0 spiro atoms. The van der Waals surface area contributed by atoms with Crippen LogP contribution < -0.4 is 5.32 Å². The molecule has 1 aromatic carbocycles. The van der Waals surface area contributed by atoms with E-state index >= 15 is 0 Å². The number of nitrogens with zero attached hydrogens (tertiary/aromatic N) is 1. The van der Waals surface area contributed by atoms with E-state index in [1.54, 1.807) is 6.07 Å². The topological polar surface area (TPSA) is 41.6 Å². The van der Waals surface area contributed by atoms with Gasteiger partial charge in [-0.05, 0) is 37.6 Å². The van der Waals surface area contributed by atoms with Crippen LogP contribution >= 0.6 is 0 Å². The van der Waals surface area contributed by atoms with Crippen LogP contribution in [0, 0.1) is 12.7 Å². The molecule has 22 heavy (non-hydrogen) atoms. The van der Waals surface area contributed by atoms with Gasteiger partial charge in [-0.25, -0.2) is 4.39 Å². The van der Waals surface area contributed by atoms with Gasteiger partial charge in [-0.2, -0.15) is 0 Å². The Kier molecular flexibility index (Phi) is 6.55. The van der Waals surface area contributed by atoms with Crippen LogP contribution in [0.3, 0.4) is 0 Å². The van der Waals surface area contributed by atoms with E-state index in [9.17, 15) is 9.18 Å². The van der Waals surface area contributed by atoms with Crippen molar-refractivity contribution in [3.8, 4) is 0 Å². The van der Waals surface area contributed by atoms with Gasteiger partial charge < -0.3 is 10.1 Å². The Hall–Kier alpha value is -1.72. The Morgan fingerprint density at radius 3 is 2.91 bits per heavy atom. The van der Waals surface area contributed by atoms with Gasteiger partial charge in [0.05, 0.1) is 13.2 Å². The van der Waals surface area contributed by atoms with Crippen LogP contribution in [0.5, 0.6) is 0 Å². The van der Waals surface area contributed by atoms with E-state index in [-0.39, 0.29) is 11.7 Å². The number of carbonyl (C=O) groups is 1. The minimum absolute atomic E-state index is 0.193. The predicted octanol–water partition coefficient (Wildman–Crippen LogP) is 1.99. The number of nitrogens with one attached hydrogen (secondary N) is 1. The molecule has 1 heterocycles. The molecule has 0 atom stereocenters. The van der Waals surface area contributed by atoms with E-state index in [0.29, 0.717) is 12.1 Å². The standard InChI is InChI=1S/C17H23FN2O2/c1-14-3-4-15(16(18)13-14)5-6-17(21)19-7-2-8-20-9-11-22-12-10-20/h3-6,13H,2,7-12H2,1H3,(H,19,21)/b6-5+. The lowest BCUT2D eigenvalue weighted by Gasteiger charge is -2.26. The van der Waals surface area contributed by atoms with E-state index in [4.69, 9.17) is 4.74 Å². The molecule has 0 aliphatic carbocycles. The number of hydrogen-bond donors (Lipinski definition) is 1. The van der Waals surface area contributed by atoms with Gasteiger partial charge in [0.2, 0.25) is 5.91 Å².